The molecule has 0 amide bonds. The molecule has 2 rings (SSSR count). The van der Waals surface area contributed by atoms with Crippen molar-refractivity contribution in [2.45, 2.75) is 18.8 Å². The minimum Gasteiger partial charge on any atom is -0.271 e. The molecule has 1 fully saturated rings. The van der Waals surface area contributed by atoms with E-state index in [2.05, 4.69) is 27.7 Å². The normalized spacial score (nSPS) is 17.8. The van der Waals surface area contributed by atoms with E-state index in [0.717, 1.165) is 5.92 Å². The van der Waals surface area contributed by atoms with Gasteiger partial charge in [0.1, 0.15) is 0 Å². The fourth-order valence-electron chi connectivity index (χ4n) is 1.24. The van der Waals surface area contributed by atoms with Crippen LogP contribution in [-0.4, -0.2) is 9.78 Å². The fraction of sp³-hybridized carbons (Fsp3) is 0.571. The molecule has 1 heterocycles. The number of nitrogens with zero attached hydrogens (tertiary/aromatic N) is 2. The summed E-state index contributed by atoms with van der Waals surface area (Å²) in [5.74, 6) is 0.819. The van der Waals surface area contributed by atoms with Crippen LogP contribution in [0.1, 0.15) is 24.5 Å². The van der Waals surface area contributed by atoms with Crippen LogP contribution < -0.4 is 0 Å². The zero-order valence-corrected chi connectivity index (χ0v) is 8.00. The van der Waals surface area contributed by atoms with Gasteiger partial charge in [-0.1, -0.05) is 0 Å². The van der Waals surface area contributed by atoms with E-state index in [-0.39, 0.29) is 0 Å². The highest BCUT2D eigenvalue weighted by Gasteiger charge is 2.28. The highest BCUT2D eigenvalue weighted by molar-refractivity contribution is 14.1. The van der Waals surface area contributed by atoms with Crippen LogP contribution in [0.25, 0.3) is 0 Å². The summed E-state index contributed by atoms with van der Waals surface area (Å²) in [5, 5.41) is 4.19. The van der Waals surface area contributed by atoms with E-state index in [1.807, 2.05) is 17.9 Å². The second-order valence-electron chi connectivity index (χ2n) is 2.78. The number of aromatic nitrogens is 2. The van der Waals surface area contributed by atoms with Crippen LogP contribution in [0.5, 0.6) is 0 Å². The summed E-state index contributed by atoms with van der Waals surface area (Å²) in [7, 11) is 2.02. The van der Waals surface area contributed by atoms with E-state index >= 15 is 0 Å². The first-order valence-corrected chi connectivity index (χ1v) is 4.54. The van der Waals surface area contributed by atoms with Crippen LogP contribution in [0.3, 0.4) is 0 Å². The van der Waals surface area contributed by atoms with E-state index in [9.17, 15) is 0 Å². The Morgan fingerprint density at radius 3 is 2.80 bits per heavy atom. The van der Waals surface area contributed by atoms with Crippen LogP contribution in [0.4, 0.5) is 0 Å². The fourth-order valence-corrected chi connectivity index (χ4v) is 2.15. The lowest BCUT2D eigenvalue weighted by atomic mass is 10.3. The van der Waals surface area contributed by atoms with Gasteiger partial charge in [0.15, 0.2) is 0 Å². The Hall–Kier alpha value is -0.0600. The topological polar surface area (TPSA) is 17.8 Å². The molecule has 10 heavy (non-hydrogen) atoms. The molecule has 2 nitrogen and oxygen atoms in total. The molecule has 0 radical (unpaired) electrons. The summed E-state index contributed by atoms with van der Waals surface area (Å²) in [5.41, 5.74) is 1.43. The number of halogens is 1. The van der Waals surface area contributed by atoms with E-state index < -0.39 is 0 Å². The van der Waals surface area contributed by atoms with E-state index in [1.165, 1.54) is 22.1 Å². The summed E-state index contributed by atoms with van der Waals surface area (Å²) in [4.78, 5) is 0. The average molecular weight is 248 g/mol. The van der Waals surface area contributed by atoms with Crippen molar-refractivity contribution in [1.29, 1.82) is 0 Å². The van der Waals surface area contributed by atoms with Crippen molar-refractivity contribution in [2.24, 2.45) is 7.05 Å². The highest BCUT2D eigenvalue weighted by Crippen LogP contribution is 2.41. The molecule has 1 aliphatic carbocycles. The van der Waals surface area contributed by atoms with E-state index in [0.29, 0.717) is 0 Å². The minimum absolute atomic E-state index is 0.819. The third-order valence-corrected chi connectivity index (χ3v) is 2.73. The summed E-state index contributed by atoms with van der Waals surface area (Å²) >= 11 is 2.35. The third-order valence-electron chi connectivity index (χ3n) is 1.90. The Labute approximate surface area is 73.8 Å². The molecular formula is C7H9IN2. The first-order chi connectivity index (χ1) is 4.79. The van der Waals surface area contributed by atoms with E-state index in [1.54, 1.807) is 0 Å². The van der Waals surface area contributed by atoms with Crippen molar-refractivity contribution < 1.29 is 0 Å². The Bertz CT molecular complexity index is 231. The van der Waals surface area contributed by atoms with E-state index in [4.69, 9.17) is 0 Å². The molecule has 0 aromatic carbocycles. The molecule has 0 N–H and O–H groups in total. The maximum Gasteiger partial charge on any atom is 0.0626 e. The van der Waals surface area contributed by atoms with Gasteiger partial charge in [0.05, 0.1) is 15.5 Å². The SMILES string of the molecule is Cn1ncc(I)c1C1CC1. The summed E-state index contributed by atoms with van der Waals surface area (Å²) in [6, 6.07) is 0. The van der Waals surface area contributed by atoms with Crippen LogP contribution in [0.2, 0.25) is 0 Å². The van der Waals surface area contributed by atoms with Crippen molar-refractivity contribution in [3.63, 3.8) is 0 Å². The Morgan fingerprint density at radius 2 is 2.40 bits per heavy atom. The molecule has 0 bridgehead atoms. The number of aryl methyl sites for hydroxylation is 1. The zero-order valence-electron chi connectivity index (χ0n) is 5.84. The van der Waals surface area contributed by atoms with Gasteiger partial charge < -0.3 is 0 Å². The van der Waals surface area contributed by atoms with Gasteiger partial charge in [0.25, 0.3) is 0 Å². The lowest BCUT2D eigenvalue weighted by Crippen LogP contribution is -1.96. The van der Waals surface area contributed by atoms with Gasteiger partial charge in [-0.15, -0.1) is 0 Å². The van der Waals surface area contributed by atoms with Crippen LogP contribution >= 0.6 is 22.6 Å². The second-order valence-corrected chi connectivity index (χ2v) is 3.94. The van der Waals surface area contributed by atoms with Gasteiger partial charge in [-0.3, -0.25) is 4.68 Å². The maximum absolute atomic E-state index is 4.19. The lowest BCUT2D eigenvalue weighted by Gasteiger charge is -1.97. The van der Waals surface area contributed by atoms with Crippen LogP contribution in [0.15, 0.2) is 6.20 Å². The summed E-state index contributed by atoms with van der Waals surface area (Å²) < 4.78 is 3.32. The lowest BCUT2D eigenvalue weighted by molar-refractivity contribution is 0.712. The molecule has 1 aromatic rings. The first kappa shape index (κ1) is 6.64. The third kappa shape index (κ3) is 0.962. The molecule has 1 aromatic heterocycles. The molecule has 3 heteroatoms. The molecule has 1 aliphatic rings. The van der Waals surface area contributed by atoms with Crippen LogP contribution in [-0.2, 0) is 7.05 Å². The standard InChI is InChI=1S/C7H9IN2/c1-10-7(5-2-3-5)6(8)4-9-10/h4-5H,2-3H2,1H3. The Balaban J connectivity index is 2.44. The molecule has 1 saturated carbocycles. The van der Waals surface area contributed by atoms with Crippen molar-refractivity contribution in [2.75, 3.05) is 0 Å². The minimum atomic E-state index is 0.819. The molecule has 0 atom stereocenters. The van der Waals surface area contributed by atoms with Gasteiger partial charge in [-0.25, -0.2) is 0 Å². The summed E-state index contributed by atoms with van der Waals surface area (Å²) in [6.45, 7) is 0. The van der Waals surface area contributed by atoms with Crippen molar-refractivity contribution >= 4 is 22.6 Å². The molecule has 0 saturated heterocycles. The summed E-state index contributed by atoms with van der Waals surface area (Å²) in [6.07, 6.45) is 4.65. The van der Waals surface area contributed by atoms with Crippen molar-refractivity contribution in [3.05, 3.63) is 15.5 Å². The predicted molar refractivity (Wildman–Crippen MR) is 47.9 cm³/mol. The highest BCUT2D eigenvalue weighted by atomic mass is 127. The number of hydrogen-bond donors (Lipinski definition) is 0. The van der Waals surface area contributed by atoms with Crippen molar-refractivity contribution in [3.8, 4) is 0 Å². The van der Waals surface area contributed by atoms with Gasteiger partial charge in [0, 0.05) is 13.0 Å². The Kier molecular flexibility index (Phi) is 1.47. The number of hydrogen-bond acceptors (Lipinski definition) is 1. The van der Waals surface area contributed by atoms with Crippen LogP contribution in [0, 0.1) is 3.57 Å². The molecular weight excluding hydrogens is 239 g/mol. The molecule has 0 aliphatic heterocycles. The molecule has 54 valence electrons. The molecule has 0 unspecified atom stereocenters. The molecule has 0 spiro atoms. The van der Waals surface area contributed by atoms with Gasteiger partial charge in [-0.2, -0.15) is 5.10 Å². The second kappa shape index (κ2) is 2.22. The van der Waals surface area contributed by atoms with Gasteiger partial charge in [-0.05, 0) is 35.4 Å². The zero-order chi connectivity index (χ0) is 7.14. The van der Waals surface area contributed by atoms with Gasteiger partial charge in [0.2, 0.25) is 0 Å². The largest absolute Gasteiger partial charge is 0.271 e. The average Bonchev–Trinajstić information content (AvgIpc) is 2.64. The maximum atomic E-state index is 4.19. The smallest absolute Gasteiger partial charge is 0.0626 e. The Morgan fingerprint density at radius 1 is 1.70 bits per heavy atom. The predicted octanol–water partition coefficient (Wildman–Crippen LogP) is 1.90. The quantitative estimate of drug-likeness (QED) is 0.694. The first-order valence-electron chi connectivity index (χ1n) is 3.46. The number of rotatable bonds is 1. The monoisotopic (exact) mass is 248 g/mol. The van der Waals surface area contributed by atoms with Crippen molar-refractivity contribution in [1.82, 2.24) is 9.78 Å². The van der Waals surface area contributed by atoms with Gasteiger partial charge >= 0.3 is 0 Å².